The zero-order valence-electron chi connectivity index (χ0n) is 16.1. The van der Waals surface area contributed by atoms with Crippen LogP contribution < -0.4 is 4.74 Å². The smallest absolute Gasteiger partial charge is 0.138 e. The maximum absolute atomic E-state index is 9.45. The third kappa shape index (κ3) is 4.33. The van der Waals surface area contributed by atoms with E-state index in [1.165, 1.54) is 11.9 Å². The van der Waals surface area contributed by atoms with Gasteiger partial charge in [0.05, 0.1) is 12.1 Å². The van der Waals surface area contributed by atoms with E-state index in [4.69, 9.17) is 4.74 Å². The molecule has 29 heavy (non-hydrogen) atoms. The van der Waals surface area contributed by atoms with Crippen molar-refractivity contribution in [2.75, 3.05) is 0 Å². The van der Waals surface area contributed by atoms with E-state index in [9.17, 15) is 5.26 Å². The Balaban J connectivity index is 1.52. The first-order valence-electron chi connectivity index (χ1n) is 9.40. The van der Waals surface area contributed by atoms with Crippen LogP contribution >= 0.6 is 0 Å². The third-order valence-corrected chi connectivity index (χ3v) is 4.77. The summed E-state index contributed by atoms with van der Waals surface area (Å²) in [6, 6.07) is 26.4. The van der Waals surface area contributed by atoms with Crippen molar-refractivity contribution in [1.29, 1.82) is 5.26 Å². The van der Waals surface area contributed by atoms with Gasteiger partial charge < -0.3 is 4.74 Å². The minimum atomic E-state index is -0.187. The second kappa shape index (κ2) is 8.41. The molecule has 0 radical (unpaired) electrons. The van der Waals surface area contributed by atoms with E-state index in [0.717, 1.165) is 16.7 Å². The summed E-state index contributed by atoms with van der Waals surface area (Å²) in [5, 5.41) is 13.6. The van der Waals surface area contributed by atoms with Gasteiger partial charge in [-0.3, -0.25) is 0 Å². The molecule has 1 atom stereocenters. The van der Waals surface area contributed by atoms with Crippen LogP contribution in [0.3, 0.4) is 0 Å². The highest BCUT2D eigenvalue weighted by Gasteiger charge is 2.12. The Morgan fingerprint density at radius 3 is 2.45 bits per heavy atom. The van der Waals surface area contributed by atoms with Gasteiger partial charge in [-0.25, -0.2) is 9.67 Å². The molecule has 1 unspecified atom stereocenters. The topological polar surface area (TPSA) is 63.7 Å². The summed E-state index contributed by atoms with van der Waals surface area (Å²) in [4.78, 5) is 3.96. The Morgan fingerprint density at radius 1 is 1.00 bits per heavy atom. The molecule has 5 heteroatoms. The van der Waals surface area contributed by atoms with Crippen molar-refractivity contribution in [3.63, 3.8) is 0 Å². The van der Waals surface area contributed by atoms with Gasteiger partial charge in [-0.1, -0.05) is 60.7 Å². The number of hydrogen-bond acceptors (Lipinski definition) is 4. The molecule has 1 aromatic heterocycles. The van der Waals surface area contributed by atoms with Crippen LogP contribution in [0.1, 0.15) is 29.7 Å². The molecular weight excluding hydrogens is 360 g/mol. The first-order valence-corrected chi connectivity index (χ1v) is 9.40. The molecule has 1 heterocycles. The highest BCUT2D eigenvalue weighted by Crippen LogP contribution is 2.28. The van der Waals surface area contributed by atoms with Gasteiger partial charge in [0.15, 0.2) is 0 Å². The fourth-order valence-corrected chi connectivity index (χ4v) is 3.19. The SMILES string of the molecule is CC(Oc1cc(Cn2cncn2)ccc1C#N)c1ccc(-c2ccccc2)cc1. The molecular formula is C24H20N4O. The second-order valence-corrected chi connectivity index (χ2v) is 6.78. The van der Waals surface area contributed by atoms with Crippen LogP contribution in [0.25, 0.3) is 11.1 Å². The van der Waals surface area contributed by atoms with Crippen LogP contribution in [0.5, 0.6) is 5.75 Å². The number of ether oxygens (including phenoxy) is 1. The summed E-state index contributed by atoms with van der Waals surface area (Å²) in [5.41, 5.74) is 4.90. The van der Waals surface area contributed by atoms with E-state index in [-0.39, 0.29) is 6.10 Å². The molecule has 5 nitrogen and oxygen atoms in total. The fourth-order valence-electron chi connectivity index (χ4n) is 3.19. The first kappa shape index (κ1) is 18.5. The van der Waals surface area contributed by atoms with E-state index in [1.54, 1.807) is 17.1 Å². The number of benzene rings is 3. The zero-order chi connectivity index (χ0) is 20.1. The summed E-state index contributed by atoms with van der Waals surface area (Å²) in [7, 11) is 0. The summed E-state index contributed by atoms with van der Waals surface area (Å²) in [5.74, 6) is 0.574. The molecule has 0 amide bonds. The predicted molar refractivity (Wildman–Crippen MR) is 111 cm³/mol. The number of nitrogens with zero attached hydrogens (tertiary/aromatic N) is 4. The Bertz CT molecular complexity index is 1110. The van der Waals surface area contributed by atoms with Gasteiger partial charge in [0.1, 0.15) is 30.6 Å². The molecule has 0 aliphatic carbocycles. The van der Waals surface area contributed by atoms with E-state index in [1.807, 2.05) is 37.3 Å². The Morgan fingerprint density at radius 2 is 1.76 bits per heavy atom. The van der Waals surface area contributed by atoms with Crippen molar-refractivity contribution in [2.24, 2.45) is 0 Å². The van der Waals surface area contributed by atoms with Crippen LogP contribution in [0.2, 0.25) is 0 Å². The maximum Gasteiger partial charge on any atom is 0.138 e. The lowest BCUT2D eigenvalue weighted by atomic mass is 10.0. The van der Waals surface area contributed by atoms with Crippen molar-refractivity contribution in [3.8, 4) is 22.9 Å². The molecule has 3 aromatic carbocycles. The quantitative estimate of drug-likeness (QED) is 0.472. The van der Waals surface area contributed by atoms with Crippen molar-refractivity contribution < 1.29 is 4.74 Å². The number of rotatable bonds is 6. The minimum absolute atomic E-state index is 0.187. The Labute approximate surface area is 169 Å². The second-order valence-electron chi connectivity index (χ2n) is 6.78. The lowest BCUT2D eigenvalue weighted by molar-refractivity contribution is 0.226. The van der Waals surface area contributed by atoms with Gasteiger partial charge >= 0.3 is 0 Å². The van der Waals surface area contributed by atoms with E-state index in [2.05, 4.69) is 52.6 Å². The van der Waals surface area contributed by atoms with Crippen molar-refractivity contribution in [1.82, 2.24) is 14.8 Å². The van der Waals surface area contributed by atoms with Crippen LogP contribution in [-0.2, 0) is 6.54 Å². The molecule has 4 rings (SSSR count). The Kier molecular flexibility index (Phi) is 5.35. The lowest BCUT2D eigenvalue weighted by Gasteiger charge is -2.17. The van der Waals surface area contributed by atoms with Crippen LogP contribution in [-0.4, -0.2) is 14.8 Å². The van der Waals surface area contributed by atoms with E-state index < -0.39 is 0 Å². The molecule has 0 N–H and O–H groups in total. The monoisotopic (exact) mass is 380 g/mol. The standard InChI is InChI=1S/C24H20N4O/c1-18(20-9-11-22(12-10-20)21-5-3-2-4-6-21)29-24-13-19(7-8-23(24)14-25)15-28-17-26-16-27-28/h2-13,16-18H,15H2,1H3. The average Bonchev–Trinajstić information content (AvgIpc) is 3.28. The molecule has 4 aromatic rings. The molecule has 0 saturated carbocycles. The molecule has 0 aliphatic rings. The van der Waals surface area contributed by atoms with E-state index >= 15 is 0 Å². The van der Waals surface area contributed by atoms with Gasteiger partial charge in [0.2, 0.25) is 0 Å². The first-order chi connectivity index (χ1) is 14.2. The van der Waals surface area contributed by atoms with Gasteiger partial charge in [-0.15, -0.1) is 0 Å². The summed E-state index contributed by atoms with van der Waals surface area (Å²) in [6.07, 6.45) is 2.98. The largest absolute Gasteiger partial charge is 0.485 e. The molecule has 0 aliphatic heterocycles. The zero-order valence-corrected chi connectivity index (χ0v) is 16.1. The van der Waals surface area contributed by atoms with Crippen molar-refractivity contribution in [2.45, 2.75) is 19.6 Å². The normalized spacial score (nSPS) is 11.6. The average molecular weight is 380 g/mol. The summed E-state index contributed by atoms with van der Waals surface area (Å²) >= 11 is 0. The summed E-state index contributed by atoms with van der Waals surface area (Å²) < 4.78 is 7.89. The van der Waals surface area contributed by atoms with E-state index in [0.29, 0.717) is 17.9 Å². The van der Waals surface area contributed by atoms with Gasteiger partial charge in [0, 0.05) is 0 Å². The Hall–Kier alpha value is -3.91. The van der Waals surface area contributed by atoms with Crippen molar-refractivity contribution in [3.05, 3.63) is 102 Å². The summed E-state index contributed by atoms with van der Waals surface area (Å²) in [6.45, 7) is 2.56. The van der Waals surface area contributed by atoms with Gasteiger partial charge in [-0.05, 0) is 41.3 Å². The van der Waals surface area contributed by atoms with Crippen LogP contribution in [0.4, 0.5) is 0 Å². The number of hydrogen-bond donors (Lipinski definition) is 0. The molecule has 0 bridgehead atoms. The third-order valence-electron chi connectivity index (χ3n) is 4.77. The molecule has 0 saturated heterocycles. The maximum atomic E-state index is 9.45. The fraction of sp³-hybridized carbons (Fsp3) is 0.125. The predicted octanol–water partition coefficient (Wildman–Crippen LogP) is 5.01. The van der Waals surface area contributed by atoms with Gasteiger partial charge in [-0.2, -0.15) is 10.4 Å². The van der Waals surface area contributed by atoms with Crippen molar-refractivity contribution >= 4 is 0 Å². The highest BCUT2D eigenvalue weighted by atomic mass is 16.5. The minimum Gasteiger partial charge on any atom is -0.485 e. The van der Waals surface area contributed by atoms with Gasteiger partial charge in [0.25, 0.3) is 0 Å². The number of nitriles is 1. The highest BCUT2D eigenvalue weighted by molar-refractivity contribution is 5.63. The van der Waals surface area contributed by atoms with Crippen LogP contribution in [0.15, 0.2) is 85.5 Å². The molecule has 0 spiro atoms. The lowest BCUT2D eigenvalue weighted by Crippen LogP contribution is -2.06. The number of aromatic nitrogens is 3. The molecule has 0 fully saturated rings. The molecule has 142 valence electrons. The van der Waals surface area contributed by atoms with Crippen LogP contribution in [0, 0.1) is 11.3 Å².